The normalized spacial score (nSPS) is 24.9. The minimum Gasteiger partial charge on any atom is -0.356 e. The molecule has 2 rings (SSSR count). The zero-order chi connectivity index (χ0) is 14.3. The first kappa shape index (κ1) is 14.4. The summed E-state index contributed by atoms with van der Waals surface area (Å²) in [5.41, 5.74) is 0.385. The van der Waals surface area contributed by atoms with Gasteiger partial charge in [-0.15, -0.1) is 0 Å². The van der Waals surface area contributed by atoms with E-state index in [1.807, 2.05) is 0 Å². The van der Waals surface area contributed by atoms with Crippen molar-refractivity contribution in [3.8, 4) is 0 Å². The van der Waals surface area contributed by atoms with Crippen LogP contribution in [0.4, 0.5) is 0 Å². The lowest BCUT2D eigenvalue weighted by molar-refractivity contribution is 0.0926. The molecule has 2 heterocycles. The fourth-order valence-electron chi connectivity index (χ4n) is 2.28. The number of carbonyl (C=O) groups is 1. The van der Waals surface area contributed by atoms with Crippen LogP contribution in [0.15, 0.2) is 12.3 Å². The number of H-pyrrole nitrogens is 1. The van der Waals surface area contributed by atoms with E-state index in [-0.39, 0.29) is 17.7 Å². The van der Waals surface area contributed by atoms with Crippen LogP contribution in [0.25, 0.3) is 0 Å². The summed E-state index contributed by atoms with van der Waals surface area (Å²) >= 11 is 5.74. The Morgan fingerprint density at radius 2 is 2.21 bits per heavy atom. The van der Waals surface area contributed by atoms with E-state index in [0.29, 0.717) is 23.6 Å². The summed E-state index contributed by atoms with van der Waals surface area (Å²) in [6.07, 6.45) is 2.41. The summed E-state index contributed by atoms with van der Waals surface area (Å²) in [5, 5.41) is 3.32. The predicted molar refractivity (Wildman–Crippen MR) is 74.2 cm³/mol. The molecule has 1 aromatic rings. The second kappa shape index (κ2) is 4.83. The molecule has 7 heteroatoms. The highest BCUT2D eigenvalue weighted by molar-refractivity contribution is 7.92. The molecule has 1 amide bonds. The van der Waals surface area contributed by atoms with E-state index < -0.39 is 14.6 Å². The van der Waals surface area contributed by atoms with Crippen molar-refractivity contribution in [2.75, 3.05) is 5.75 Å². The first-order valence-corrected chi connectivity index (χ1v) is 8.11. The zero-order valence-electron chi connectivity index (χ0n) is 10.9. The minimum atomic E-state index is -3.07. The monoisotopic (exact) mass is 304 g/mol. The molecule has 0 saturated carbocycles. The van der Waals surface area contributed by atoms with Gasteiger partial charge in [-0.3, -0.25) is 4.79 Å². The molecule has 0 radical (unpaired) electrons. The Bertz CT molecular complexity index is 592. The molecule has 106 valence electrons. The van der Waals surface area contributed by atoms with Gasteiger partial charge in [-0.1, -0.05) is 11.6 Å². The van der Waals surface area contributed by atoms with Gasteiger partial charge in [0.1, 0.15) is 5.69 Å². The van der Waals surface area contributed by atoms with Crippen LogP contribution in [-0.2, 0) is 9.84 Å². The third-order valence-electron chi connectivity index (χ3n) is 3.54. The van der Waals surface area contributed by atoms with E-state index in [1.165, 1.54) is 6.20 Å². The predicted octanol–water partition coefficient (Wildman–Crippen LogP) is 1.75. The van der Waals surface area contributed by atoms with Crippen LogP contribution in [0.2, 0.25) is 5.02 Å². The Kier molecular flexibility index (Phi) is 3.66. The summed E-state index contributed by atoms with van der Waals surface area (Å²) in [4.78, 5) is 14.7. The molecule has 0 aromatic carbocycles. The first-order chi connectivity index (χ1) is 8.71. The van der Waals surface area contributed by atoms with Gasteiger partial charge in [0.05, 0.1) is 15.5 Å². The summed E-state index contributed by atoms with van der Waals surface area (Å²) in [6.45, 7) is 3.40. The quantitative estimate of drug-likeness (QED) is 0.873. The van der Waals surface area contributed by atoms with Gasteiger partial charge < -0.3 is 10.3 Å². The van der Waals surface area contributed by atoms with Crippen LogP contribution >= 0.6 is 11.6 Å². The standard InChI is InChI=1S/C12H17ClN2O3S/c1-12(2)6-9(3-4-19(12,17)18)15-11(16)10-5-8(13)7-14-10/h5,7,9,14H,3-4,6H2,1-2H3,(H,15,16). The molecule has 5 nitrogen and oxygen atoms in total. The van der Waals surface area contributed by atoms with Crippen LogP contribution < -0.4 is 5.32 Å². The van der Waals surface area contributed by atoms with Gasteiger partial charge in [-0.2, -0.15) is 0 Å². The number of sulfone groups is 1. The molecule has 1 aromatic heterocycles. The van der Waals surface area contributed by atoms with Gasteiger partial charge in [0.25, 0.3) is 5.91 Å². The van der Waals surface area contributed by atoms with Crippen LogP contribution in [0.3, 0.4) is 0 Å². The Morgan fingerprint density at radius 1 is 1.53 bits per heavy atom. The molecule has 1 atom stereocenters. The second-order valence-electron chi connectivity index (χ2n) is 5.47. The van der Waals surface area contributed by atoms with Crippen molar-refractivity contribution in [1.29, 1.82) is 0 Å². The average molecular weight is 305 g/mol. The maximum Gasteiger partial charge on any atom is 0.267 e. The number of halogens is 1. The SMILES string of the molecule is CC1(C)CC(NC(=O)c2cc(Cl)c[nH]2)CCS1(=O)=O. The molecule has 19 heavy (non-hydrogen) atoms. The van der Waals surface area contributed by atoms with Gasteiger partial charge in [-0.05, 0) is 32.8 Å². The fraction of sp³-hybridized carbons (Fsp3) is 0.583. The molecule has 0 aliphatic carbocycles. The van der Waals surface area contributed by atoms with E-state index in [9.17, 15) is 13.2 Å². The topological polar surface area (TPSA) is 79.0 Å². The third-order valence-corrected chi connectivity index (χ3v) is 6.38. The van der Waals surface area contributed by atoms with Crippen molar-refractivity contribution in [2.45, 2.75) is 37.5 Å². The van der Waals surface area contributed by atoms with Gasteiger partial charge in [0, 0.05) is 12.2 Å². The molecule has 1 aliphatic rings. The van der Waals surface area contributed by atoms with Gasteiger partial charge in [0.2, 0.25) is 0 Å². The zero-order valence-corrected chi connectivity index (χ0v) is 12.4. The van der Waals surface area contributed by atoms with Crippen LogP contribution in [0.5, 0.6) is 0 Å². The van der Waals surface area contributed by atoms with Crippen LogP contribution in [0.1, 0.15) is 37.2 Å². The maximum absolute atomic E-state index is 11.9. The van der Waals surface area contributed by atoms with Crippen molar-refractivity contribution >= 4 is 27.3 Å². The maximum atomic E-state index is 11.9. The van der Waals surface area contributed by atoms with Crippen LogP contribution in [-0.4, -0.2) is 35.9 Å². The fourth-order valence-corrected chi connectivity index (χ4v) is 4.05. The molecule has 0 bridgehead atoms. The highest BCUT2D eigenvalue weighted by Crippen LogP contribution is 2.30. The lowest BCUT2D eigenvalue weighted by Gasteiger charge is -2.35. The number of hydrogen-bond donors (Lipinski definition) is 2. The van der Waals surface area contributed by atoms with Crippen molar-refractivity contribution in [2.24, 2.45) is 0 Å². The summed E-state index contributed by atoms with van der Waals surface area (Å²) in [7, 11) is -3.07. The number of amides is 1. The lowest BCUT2D eigenvalue weighted by atomic mass is 10.00. The minimum absolute atomic E-state index is 0.108. The van der Waals surface area contributed by atoms with Gasteiger partial charge >= 0.3 is 0 Å². The molecule has 2 N–H and O–H groups in total. The van der Waals surface area contributed by atoms with Gasteiger partial charge in [-0.25, -0.2) is 8.42 Å². The highest BCUT2D eigenvalue weighted by Gasteiger charge is 2.41. The van der Waals surface area contributed by atoms with E-state index in [0.717, 1.165) is 0 Å². The summed E-state index contributed by atoms with van der Waals surface area (Å²) in [5.74, 6) is -0.150. The van der Waals surface area contributed by atoms with Crippen molar-refractivity contribution in [3.63, 3.8) is 0 Å². The average Bonchev–Trinajstić information content (AvgIpc) is 2.70. The number of nitrogens with one attached hydrogen (secondary N) is 2. The third kappa shape index (κ3) is 2.95. The number of aromatic nitrogens is 1. The number of rotatable bonds is 2. The second-order valence-corrected chi connectivity index (χ2v) is 8.65. The molecule has 0 spiro atoms. The molecular weight excluding hydrogens is 288 g/mol. The molecular formula is C12H17ClN2O3S. The van der Waals surface area contributed by atoms with Crippen LogP contribution in [0, 0.1) is 0 Å². The summed E-state index contributed by atoms with van der Waals surface area (Å²) in [6, 6.07) is 1.41. The largest absolute Gasteiger partial charge is 0.356 e. The summed E-state index contributed by atoms with van der Waals surface area (Å²) < 4.78 is 22.9. The van der Waals surface area contributed by atoms with Crippen molar-refractivity contribution in [3.05, 3.63) is 23.0 Å². The molecule has 1 unspecified atom stereocenters. The highest BCUT2D eigenvalue weighted by atomic mass is 35.5. The molecule has 1 fully saturated rings. The Balaban J connectivity index is 2.04. The van der Waals surface area contributed by atoms with E-state index in [2.05, 4.69) is 10.3 Å². The van der Waals surface area contributed by atoms with Crippen molar-refractivity contribution < 1.29 is 13.2 Å². The van der Waals surface area contributed by atoms with Crippen molar-refractivity contribution in [1.82, 2.24) is 10.3 Å². The van der Waals surface area contributed by atoms with E-state index in [4.69, 9.17) is 11.6 Å². The first-order valence-electron chi connectivity index (χ1n) is 6.08. The Hall–Kier alpha value is -1.01. The molecule has 1 saturated heterocycles. The number of carbonyl (C=O) groups excluding carboxylic acids is 1. The smallest absolute Gasteiger partial charge is 0.267 e. The molecule has 1 aliphatic heterocycles. The Morgan fingerprint density at radius 3 is 2.74 bits per heavy atom. The lowest BCUT2D eigenvalue weighted by Crippen LogP contribution is -2.49. The van der Waals surface area contributed by atoms with E-state index in [1.54, 1.807) is 19.9 Å². The Labute approximate surface area is 117 Å². The van der Waals surface area contributed by atoms with Gasteiger partial charge in [0.15, 0.2) is 9.84 Å². The number of hydrogen-bond acceptors (Lipinski definition) is 3. The number of aromatic amines is 1. The van der Waals surface area contributed by atoms with E-state index >= 15 is 0 Å².